The van der Waals surface area contributed by atoms with Crippen molar-refractivity contribution in [2.45, 2.75) is 39.3 Å². The van der Waals surface area contributed by atoms with Crippen molar-refractivity contribution in [3.05, 3.63) is 28.8 Å². The minimum Gasteiger partial charge on any atom is -0.492 e. The molecular weight excluding hydrogens is 250 g/mol. The van der Waals surface area contributed by atoms with Crippen LogP contribution in [0, 0.1) is 0 Å². The third-order valence-corrected chi connectivity index (χ3v) is 3.06. The molecular formula is C14H22ClNO2. The zero-order valence-electron chi connectivity index (χ0n) is 11.1. The summed E-state index contributed by atoms with van der Waals surface area (Å²) < 4.78 is 5.52. The number of aliphatic hydroxyl groups excluding tert-OH is 1. The fourth-order valence-electron chi connectivity index (χ4n) is 1.58. The third-order valence-electron chi connectivity index (χ3n) is 2.77. The van der Waals surface area contributed by atoms with Crippen LogP contribution in [0.4, 0.5) is 0 Å². The van der Waals surface area contributed by atoms with Gasteiger partial charge in [-0.3, -0.25) is 0 Å². The molecule has 0 aliphatic rings. The highest BCUT2D eigenvalue weighted by molar-refractivity contribution is 6.32. The Morgan fingerprint density at radius 3 is 2.72 bits per heavy atom. The van der Waals surface area contributed by atoms with E-state index in [0.717, 1.165) is 24.2 Å². The van der Waals surface area contributed by atoms with Crippen LogP contribution in [0.15, 0.2) is 18.2 Å². The van der Waals surface area contributed by atoms with E-state index in [1.54, 1.807) is 0 Å². The Morgan fingerprint density at radius 1 is 1.39 bits per heavy atom. The number of hydrogen-bond donors (Lipinski definition) is 2. The Morgan fingerprint density at radius 2 is 2.17 bits per heavy atom. The van der Waals surface area contributed by atoms with Gasteiger partial charge in [-0.15, -0.1) is 0 Å². The normalized spacial score (nSPS) is 12.4. The van der Waals surface area contributed by atoms with Gasteiger partial charge in [0.1, 0.15) is 5.75 Å². The topological polar surface area (TPSA) is 41.5 Å². The first-order chi connectivity index (χ1) is 8.71. The van der Waals surface area contributed by atoms with E-state index in [1.165, 1.54) is 0 Å². The summed E-state index contributed by atoms with van der Waals surface area (Å²) in [5, 5.41) is 13.0. The smallest absolute Gasteiger partial charge is 0.137 e. The van der Waals surface area contributed by atoms with Crippen molar-refractivity contribution in [3.63, 3.8) is 0 Å². The van der Waals surface area contributed by atoms with Crippen molar-refractivity contribution >= 4 is 11.6 Å². The van der Waals surface area contributed by atoms with Crippen molar-refractivity contribution in [1.29, 1.82) is 0 Å². The molecule has 0 fully saturated rings. The van der Waals surface area contributed by atoms with Gasteiger partial charge in [-0.05, 0) is 30.5 Å². The third kappa shape index (κ3) is 4.84. The quantitative estimate of drug-likeness (QED) is 0.764. The fraction of sp³-hybridized carbons (Fsp3) is 0.571. The van der Waals surface area contributed by atoms with E-state index in [0.29, 0.717) is 18.2 Å². The van der Waals surface area contributed by atoms with Crippen molar-refractivity contribution in [3.8, 4) is 5.75 Å². The molecule has 0 radical (unpaired) electrons. The van der Waals surface area contributed by atoms with Crippen LogP contribution < -0.4 is 10.1 Å². The van der Waals surface area contributed by atoms with Gasteiger partial charge in [0.05, 0.1) is 18.2 Å². The zero-order chi connectivity index (χ0) is 13.4. The van der Waals surface area contributed by atoms with Crippen molar-refractivity contribution in [2.24, 2.45) is 0 Å². The lowest BCUT2D eigenvalue weighted by atomic mass is 10.2. The number of ether oxygens (including phenoxy) is 1. The molecule has 1 unspecified atom stereocenters. The molecule has 4 heteroatoms. The van der Waals surface area contributed by atoms with E-state index < -0.39 is 0 Å². The van der Waals surface area contributed by atoms with Crippen LogP contribution in [0.1, 0.15) is 32.3 Å². The average molecular weight is 272 g/mol. The standard InChI is InChI=1S/C14H22ClNO2/c1-3-7-18-14-6-5-11(8-13(14)15)9-16-12(4-2)10-17/h5-6,8,12,16-17H,3-4,7,9-10H2,1-2H3. The second-order valence-electron chi connectivity index (χ2n) is 4.28. The molecule has 0 bridgehead atoms. The Hall–Kier alpha value is -0.770. The van der Waals surface area contributed by atoms with Gasteiger partial charge in [-0.1, -0.05) is 31.5 Å². The Balaban J connectivity index is 2.55. The highest BCUT2D eigenvalue weighted by Crippen LogP contribution is 2.25. The molecule has 0 aromatic heterocycles. The van der Waals surface area contributed by atoms with E-state index in [4.69, 9.17) is 21.4 Å². The van der Waals surface area contributed by atoms with Crippen LogP contribution in [0.2, 0.25) is 5.02 Å². The Labute approximate surface area is 114 Å². The SMILES string of the molecule is CCCOc1ccc(CNC(CC)CO)cc1Cl. The summed E-state index contributed by atoms with van der Waals surface area (Å²) in [4.78, 5) is 0. The number of halogens is 1. The molecule has 0 saturated heterocycles. The van der Waals surface area contributed by atoms with Gasteiger partial charge in [-0.25, -0.2) is 0 Å². The number of nitrogens with one attached hydrogen (secondary N) is 1. The van der Waals surface area contributed by atoms with Crippen LogP contribution in [0.25, 0.3) is 0 Å². The highest BCUT2D eigenvalue weighted by atomic mass is 35.5. The summed E-state index contributed by atoms with van der Waals surface area (Å²) in [6.45, 7) is 5.64. The lowest BCUT2D eigenvalue weighted by molar-refractivity contribution is 0.238. The van der Waals surface area contributed by atoms with Crippen molar-refractivity contribution in [1.82, 2.24) is 5.32 Å². The van der Waals surface area contributed by atoms with Crippen LogP contribution in [-0.2, 0) is 6.54 Å². The Bertz CT molecular complexity index is 354. The number of aliphatic hydroxyl groups is 1. The van der Waals surface area contributed by atoms with Gasteiger partial charge < -0.3 is 15.2 Å². The predicted molar refractivity (Wildman–Crippen MR) is 75.2 cm³/mol. The maximum atomic E-state index is 9.09. The molecule has 3 nitrogen and oxygen atoms in total. The fourth-order valence-corrected chi connectivity index (χ4v) is 1.84. The minimum atomic E-state index is 0.139. The number of hydrogen-bond acceptors (Lipinski definition) is 3. The van der Waals surface area contributed by atoms with Gasteiger partial charge in [0.25, 0.3) is 0 Å². The first-order valence-corrected chi connectivity index (χ1v) is 6.84. The lowest BCUT2D eigenvalue weighted by Crippen LogP contribution is -2.31. The van der Waals surface area contributed by atoms with Crippen molar-refractivity contribution in [2.75, 3.05) is 13.2 Å². The van der Waals surface area contributed by atoms with Crippen LogP contribution in [0.3, 0.4) is 0 Å². The molecule has 18 heavy (non-hydrogen) atoms. The minimum absolute atomic E-state index is 0.139. The van der Waals surface area contributed by atoms with Crippen LogP contribution in [0.5, 0.6) is 5.75 Å². The number of benzene rings is 1. The van der Waals surface area contributed by atoms with E-state index in [9.17, 15) is 0 Å². The van der Waals surface area contributed by atoms with Gasteiger partial charge in [0, 0.05) is 12.6 Å². The van der Waals surface area contributed by atoms with E-state index in [2.05, 4.69) is 12.2 Å². The van der Waals surface area contributed by atoms with E-state index >= 15 is 0 Å². The highest BCUT2D eigenvalue weighted by Gasteiger charge is 2.06. The lowest BCUT2D eigenvalue weighted by Gasteiger charge is -2.14. The molecule has 0 aliphatic heterocycles. The molecule has 1 aromatic carbocycles. The molecule has 0 aliphatic carbocycles. The first kappa shape index (κ1) is 15.3. The van der Waals surface area contributed by atoms with Crippen molar-refractivity contribution < 1.29 is 9.84 Å². The summed E-state index contributed by atoms with van der Waals surface area (Å²) in [7, 11) is 0. The van der Waals surface area contributed by atoms with Gasteiger partial charge in [-0.2, -0.15) is 0 Å². The Kier molecular flexibility index (Phi) is 7.09. The summed E-state index contributed by atoms with van der Waals surface area (Å²) in [6, 6.07) is 5.94. The largest absolute Gasteiger partial charge is 0.492 e. The summed E-state index contributed by atoms with van der Waals surface area (Å²) in [5.41, 5.74) is 1.09. The maximum absolute atomic E-state index is 9.09. The zero-order valence-corrected chi connectivity index (χ0v) is 11.8. The summed E-state index contributed by atoms with van der Waals surface area (Å²) in [5.74, 6) is 0.733. The maximum Gasteiger partial charge on any atom is 0.137 e. The monoisotopic (exact) mass is 271 g/mol. The van der Waals surface area contributed by atoms with Crippen LogP contribution in [-0.4, -0.2) is 24.4 Å². The molecule has 102 valence electrons. The second kappa shape index (κ2) is 8.35. The molecule has 2 N–H and O–H groups in total. The molecule has 1 rings (SSSR count). The summed E-state index contributed by atoms with van der Waals surface area (Å²) >= 11 is 6.15. The van der Waals surface area contributed by atoms with Crippen LogP contribution >= 0.6 is 11.6 Å². The summed E-state index contributed by atoms with van der Waals surface area (Å²) in [6.07, 6.45) is 1.87. The molecule has 0 heterocycles. The molecule has 0 saturated carbocycles. The first-order valence-electron chi connectivity index (χ1n) is 6.46. The average Bonchev–Trinajstić information content (AvgIpc) is 2.39. The molecule has 0 spiro atoms. The molecule has 1 atom stereocenters. The van der Waals surface area contributed by atoms with Gasteiger partial charge in [0.2, 0.25) is 0 Å². The predicted octanol–water partition coefficient (Wildman–Crippen LogP) is 2.99. The number of rotatable bonds is 8. The van der Waals surface area contributed by atoms with E-state index in [1.807, 2.05) is 25.1 Å². The van der Waals surface area contributed by atoms with Gasteiger partial charge >= 0.3 is 0 Å². The van der Waals surface area contributed by atoms with Gasteiger partial charge in [0.15, 0.2) is 0 Å². The van der Waals surface area contributed by atoms with E-state index in [-0.39, 0.29) is 12.6 Å². The second-order valence-corrected chi connectivity index (χ2v) is 4.69. The molecule has 1 aromatic rings. The molecule has 0 amide bonds.